The molecule has 0 spiro atoms. The molecule has 124 valence electrons. The summed E-state index contributed by atoms with van der Waals surface area (Å²) in [5, 5.41) is 11.9. The second-order valence-corrected chi connectivity index (χ2v) is 7.77. The van der Waals surface area contributed by atoms with Gasteiger partial charge >= 0.3 is 0 Å². The molecule has 3 rings (SSSR count). The van der Waals surface area contributed by atoms with Gasteiger partial charge in [-0.3, -0.25) is 14.7 Å². The highest BCUT2D eigenvalue weighted by Crippen LogP contribution is 2.29. The van der Waals surface area contributed by atoms with Crippen LogP contribution in [-0.4, -0.2) is 27.6 Å². The Balaban J connectivity index is 1.83. The van der Waals surface area contributed by atoms with E-state index >= 15 is 0 Å². The second-order valence-electron chi connectivity index (χ2n) is 5.78. The minimum atomic E-state index is 0.0589. The first-order valence-corrected chi connectivity index (χ1v) is 9.39. The summed E-state index contributed by atoms with van der Waals surface area (Å²) >= 11 is 3.03. The number of nitrogens with zero attached hydrogens (tertiary/aromatic N) is 4. The first-order valence-electron chi connectivity index (χ1n) is 7.70. The van der Waals surface area contributed by atoms with Gasteiger partial charge in [0.1, 0.15) is 5.01 Å². The van der Waals surface area contributed by atoms with E-state index in [-0.39, 0.29) is 5.91 Å². The quantitative estimate of drug-likeness (QED) is 0.671. The highest BCUT2D eigenvalue weighted by Gasteiger charge is 2.22. The van der Waals surface area contributed by atoms with Crippen molar-refractivity contribution in [2.45, 2.75) is 20.3 Å². The lowest BCUT2D eigenvalue weighted by molar-refractivity contribution is -0.118. The molecule has 0 atom stereocenters. The van der Waals surface area contributed by atoms with E-state index in [9.17, 15) is 4.79 Å². The van der Waals surface area contributed by atoms with Gasteiger partial charge in [-0.2, -0.15) is 0 Å². The van der Waals surface area contributed by atoms with Crippen molar-refractivity contribution in [2.75, 3.05) is 11.4 Å². The van der Waals surface area contributed by atoms with E-state index in [4.69, 9.17) is 0 Å². The Hall–Kier alpha value is -2.12. The fraction of sp³-hybridized carbons (Fsp3) is 0.294. The van der Waals surface area contributed by atoms with E-state index in [0.717, 1.165) is 15.4 Å². The summed E-state index contributed by atoms with van der Waals surface area (Å²) < 4.78 is 0. The van der Waals surface area contributed by atoms with Crippen LogP contribution in [-0.2, 0) is 11.2 Å². The summed E-state index contributed by atoms with van der Waals surface area (Å²) in [6.07, 6.45) is 3.85. The number of anilines is 1. The molecule has 7 heteroatoms. The molecule has 3 aromatic heterocycles. The van der Waals surface area contributed by atoms with Gasteiger partial charge in [0.05, 0.1) is 6.42 Å². The van der Waals surface area contributed by atoms with Crippen LogP contribution < -0.4 is 4.90 Å². The first kappa shape index (κ1) is 16.7. The van der Waals surface area contributed by atoms with Crippen LogP contribution in [0.25, 0.3) is 10.6 Å². The van der Waals surface area contributed by atoms with Crippen molar-refractivity contribution in [3.05, 3.63) is 46.9 Å². The summed E-state index contributed by atoms with van der Waals surface area (Å²) in [7, 11) is 0. The molecular formula is C17H18N4OS2. The highest BCUT2D eigenvalue weighted by molar-refractivity contribution is 7.18. The molecule has 0 saturated heterocycles. The van der Waals surface area contributed by atoms with Gasteiger partial charge in [0.2, 0.25) is 11.0 Å². The molecule has 5 nitrogen and oxygen atoms in total. The van der Waals surface area contributed by atoms with Crippen molar-refractivity contribution in [3.63, 3.8) is 0 Å². The number of amides is 1. The lowest BCUT2D eigenvalue weighted by atomic mass is 10.2. The van der Waals surface area contributed by atoms with Crippen LogP contribution in [0, 0.1) is 5.92 Å². The Labute approximate surface area is 149 Å². The molecule has 0 saturated carbocycles. The molecule has 0 aliphatic rings. The van der Waals surface area contributed by atoms with Crippen molar-refractivity contribution in [3.8, 4) is 10.6 Å². The second kappa shape index (κ2) is 7.63. The summed E-state index contributed by atoms with van der Waals surface area (Å²) in [5.74, 6) is 0.411. The zero-order valence-electron chi connectivity index (χ0n) is 13.5. The van der Waals surface area contributed by atoms with E-state index < -0.39 is 0 Å². The predicted molar refractivity (Wildman–Crippen MR) is 98.4 cm³/mol. The zero-order chi connectivity index (χ0) is 16.9. The molecule has 3 heterocycles. The lowest BCUT2D eigenvalue weighted by Crippen LogP contribution is -2.35. The summed E-state index contributed by atoms with van der Waals surface area (Å²) in [6, 6.07) is 7.74. The molecular weight excluding hydrogens is 340 g/mol. The number of aromatic nitrogens is 3. The van der Waals surface area contributed by atoms with Crippen molar-refractivity contribution in [2.24, 2.45) is 5.92 Å². The van der Waals surface area contributed by atoms with Gasteiger partial charge in [-0.25, -0.2) is 0 Å². The number of carbonyl (C=O) groups is 1. The maximum Gasteiger partial charge on any atom is 0.234 e. The molecule has 0 unspecified atom stereocenters. The number of thiophene rings is 1. The number of pyridine rings is 1. The van der Waals surface area contributed by atoms with Crippen LogP contribution in [0.1, 0.15) is 18.7 Å². The number of carbonyl (C=O) groups excluding carboxylic acids is 1. The average Bonchev–Trinajstić information content (AvgIpc) is 3.25. The first-order chi connectivity index (χ1) is 11.6. The van der Waals surface area contributed by atoms with Crippen molar-refractivity contribution in [1.29, 1.82) is 0 Å². The standard InChI is InChI=1S/C17H18N4OS2/c1-12(2)11-21(15(22)10-14-4-3-9-23-14)17-20-19-16(24-17)13-5-7-18-8-6-13/h3-9,12H,10-11H2,1-2H3. The van der Waals surface area contributed by atoms with Crippen LogP contribution in [0.2, 0.25) is 0 Å². The third kappa shape index (κ3) is 4.04. The molecule has 1 amide bonds. The third-order valence-corrected chi connectivity index (χ3v) is 5.20. The molecule has 0 N–H and O–H groups in total. The monoisotopic (exact) mass is 358 g/mol. The summed E-state index contributed by atoms with van der Waals surface area (Å²) in [4.78, 5) is 19.6. The fourth-order valence-corrected chi connectivity index (χ4v) is 3.82. The number of hydrogen-bond donors (Lipinski definition) is 0. The minimum absolute atomic E-state index is 0.0589. The molecule has 0 radical (unpaired) electrons. The van der Waals surface area contributed by atoms with Crippen LogP contribution in [0.5, 0.6) is 0 Å². The molecule has 0 aliphatic carbocycles. The van der Waals surface area contributed by atoms with E-state index in [0.29, 0.717) is 24.0 Å². The molecule has 0 bridgehead atoms. The van der Waals surface area contributed by atoms with E-state index in [1.54, 1.807) is 28.6 Å². The Morgan fingerprint density at radius 1 is 1.21 bits per heavy atom. The topological polar surface area (TPSA) is 59.0 Å². The Bertz CT molecular complexity index is 784. The van der Waals surface area contributed by atoms with Gasteiger partial charge < -0.3 is 0 Å². The molecule has 0 fully saturated rings. The summed E-state index contributed by atoms with van der Waals surface area (Å²) in [6.45, 7) is 4.82. The number of rotatable bonds is 6. The van der Waals surface area contributed by atoms with Crippen LogP contribution in [0.15, 0.2) is 42.0 Å². The Kier molecular flexibility index (Phi) is 5.32. The van der Waals surface area contributed by atoms with Crippen molar-refractivity contribution >= 4 is 33.7 Å². The van der Waals surface area contributed by atoms with Crippen molar-refractivity contribution < 1.29 is 4.79 Å². The smallest absolute Gasteiger partial charge is 0.234 e. The van der Waals surface area contributed by atoms with Gasteiger partial charge in [0.25, 0.3) is 0 Å². The van der Waals surface area contributed by atoms with Gasteiger partial charge in [-0.05, 0) is 29.5 Å². The Morgan fingerprint density at radius 2 is 2.00 bits per heavy atom. The van der Waals surface area contributed by atoms with Gasteiger partial charge in [0, 0.05) is 29.4 Å². The maximum absolute atomic E-state index is 12.8. The third-order valence-electron chi connectivity index (χ3n) is 3.33. The van der Waals surface area contributed by atoms with Crippen LogP contribution in [0.3, 0.4) is 0 Å². The van der Waals surface area contributed by atoms with E-state index in [2.05, 4.69) is 29.0 Å². The van der Waals surface area contributed by atoms with Crippen molar-refractivity contribution in [1.82, 2.24) is 15.2 Å². The lowest BCUT2D eigenvalue weighted by Gasteiger charge is -2.21. The number of hydrogen-bond acceptors (Lipinski definition) is 6. The van der Waals surface area contributed by atoms with Gasteiger partial charge in [0.15, 0.2) is 0 Å². The van der Waals surface area contributed by atoms with Crippen LogP contribution >= 0.6 is 22.7 Å². The zero-order valence-corrected chi connectivity index (χ0v) is 15.2. The minimum Gasteiger partial charge on any atom is -0.286 e. The SMILES string of the molecule is CC(C)CN(C(=O)Cc1cccs1)c1nnc(-c2ccncc2)s1. The molecule has 3 aromatic rings. The van der Waals surface area contributed by atoms with Gasteiger partial charge in [-0.1, -0.05) is 31.3 Å². The molecule has 24 heavy (non-hydrogen) atoms. The highest BCUT2D eigenvalue weighted by atomic mass is 32.1. The predicted octanol–water partition coefficient (Wildman–Crippen LogP) is 3.89. The van der Waals surface area contributed by atoms with Gasteiger partial charge in [-0.15, -0.1) is 21.5 Å². The average molecular weight is 358 g/mol. The van der Waals surface area contributed by atoms with Crippen LogP contribution in [0.4, 0.5) is 5.13 Å². The molecule has 0 aliphatic heterocycles. The molecule has 0 aromatic carbocycles. The summed E-state index contributed by atoms with van der Waals surface area (Å²) in [5.41, 5.74) is 0.962. The Morgan fingerprint density at radius 3 is 2.67 bits per heavy atom. The van der Waals surface area contributed by atoms with E-state index in [1.807, 2.05) is 29.6 Å². The normalized spacial score (nSPS) is 11.0. The maximum atomic E-state index is 12.8. The van der Waals surface area contributed by atoms with E-state index in [1.165, 1.54) is 11.3 Å². The fourth-order valence-electron chi connectivity index (χ4n) is 2.25. The largest absolute Gasteiger partial charge is 0.286 e.